The molecule has 1 fully saturated rings. The molecule has 1 aliphatic carbocycles. The van der Waals surface area contributed by atoms with Crippen molar-refractivity contribution in [2.75, 3.05) is 5.75 Å². The van der Waals surface area contributed by atoms with Gasteiger partial charge in [0.25, 0.3) is 0 Å². The van der Waals surface area contributed by atoms with Crippen LogP contribution >= 0.6 is 24.0 Å². The number of nitrogens with two attached hydrogens (primary N) is 1. The Morgan fingerprint density at radius 1 is 1.52 bits per heavy atom. The van der Waals surface area contributed by atoms with Crippen molar-refractivity contribution < 1.29 is 8.42 Å². The molecule has 21 heavy (non-hydrogen) atoms. The van der Waals surface area contributed by atoms with E-state index in [9.17, 15) is 8.42 Å². The van der Waals surface area contributed by atoms with E-state index in [2.05, 4.69) is 16.6 Å². The van der Waals surface area contributed by atoms with Gasteiger partial charge in [-0.25, -0.2) is 13.1 Å². The Labute approximate surface area is 135 Å². The van der Waals surface area contributed by atoms with Gasteiger partial charge in [0, 0.05) is 17.5 Å². The predicted molar refractivity (Wildman–Crippen MR) is 90.0 cm³/mol. The molecule has 2 rings (SSSR count). The van der Waals surface area contributed by atoms with Gasteiger partial charge in [0.15, 0.2) is 0 Å². The van der Waals surface area contributed by atoms with E-state index >= 15 is 0 Å². The molecule has 5 nitrogen and oxygen atoms in total. The minimum absolute atomic E-state index is 0.00862. The number of thiocarbonyl (C=S) groups is 1. The number of thioether (sulfide) groups is 1. The van der Waals surface area contributed by atoms with Gasteiger partial charge in [0.2, 0.25) is 10.0 Å². The summed E-state index contributed by atoms with van der Waals surface area (Å²) in [4.78, 5) is 4.28. The van der Waals surface area contributed by atoms with Gasteiger partial charge in [-0.05, 0) is 37.1 Å². The molecule has 0 aromatic carbocycles. The van der Waals surface area contributed by atoms with Crippen LogP contribution in [0.4, 0.5) is 0 Å². The molecule has 0 spiro atoms. The highest BCUT2D eigenvalue weighted by atomic mass is 32.2. The maximum atomic E-state index is 12.3. The van der Waals surface area contributed by atoms with Crippen LogP contribution in [0, 0.1) is 0 Å². The number of hydrogen-bond donors (Lipinski definition) is 2. The van der Waals surface area contributed by atoms with E-state index in [1.165, 1.54) is 18.3 Å². The third-order valence-electron chi connectivity index (χ3n) is 3.41. The summed E-state index contributed by atoms with van der Waals surface area (Å²) >= 11 is 6.69. The molecule has 2 unspecified atom stereocenters. The summed E-state index contributed by atoms with van der Waals surface area (Å²) in [5, 5.41) is 0.554. The first-order valence-corrected chi connectivity index (χ1v) is 9.76. The quantitative estimate of drug-likeness (QED) is 0.763. The largest absolute Gasteiger partial charge is 0.388 e. The molecule has 0 amide bonds. The molecule has 0 radical (unpaired) electrons. The summed E-state index contributed by atoms with van der Waals surface area (Å²) in [6.45, 7) is 2.12. The average molecular weight is 346 g/mol. The fourth-order valence-electron chi connectivity index (χ4n) is 2.41. The zero-order chi connectivity index (χ0) is 15.5. The van der Waals surface area contributed by atoms with Crippen molar-refractivity contribution in [3.05, 3.63) is 24.0 Å². The van der Waals surface area contributed by atoms with Crippen molar-refractivity contribution in [2.24, 2.45) is 5.73 Å². The van der Waals surface area contributed by atoms with Crippen molar-refractivity contribution >= 4 is 39.0 Å². The number of hydrogen-bond acceptors (Lipinski definition) is 5. The summed E-state index contributed by atoms with van der Waals surface area (Å²) in [5.74, 6) is 1.06. The second-order valence-corrected chi connectivity index (χ2v) is 8.68. The van der Waals surface area contributed by atoms with Gasteiger partial charge in [-0.1, -0.05) is 19.1 Å². The molecule has 2 atom stereocenters. The number of pyridine rings is 1. The Morgan fingerprint density at radius 2 is 2.29 bits per heavy atom. The molecule has 1 aliphatic rings. The van der Waals surface area contributed by atoms with Gasteiger partial charge < -0.3 is 5.73 Å². The van der Waals surface area contributed by atoms with Crippen molar-refractivity contribution in [1.82, 2.24) is 9.71 Å². The molecular weight excluding hydrogens is 326 g/mol. The predicted octanol–water partition coefficient (Wildman–Crippen LogP) is 1.67. The van der Waals surface area contributed by atoms with Crippen LogP contribution in [-0.2, 0) is 10.0 Å². The van der Waals surface area contributed by atoms with E-state index in [0.29, 0.717) is 10.9 Å². The lowest BCUT2D eigenvalue weighted by Gasteiger charge is -2.13. The van der Waals surface area contributed by atoms with Crippen LogP contribution in [0.1, 0.15) is 31.9 Å². The van der Waals surface area contributed by atoms with Gasteiger partial charge in [0.05, 0.1) is 5.69 Å². The van der Waals surface area contributed by atoms with Gasteiger partial charge in [-0.3, -0.25) is 4.98 Å². The molecular formula is C13H19N3O2S3. The van der Waals surface area contributed by atoms with E-state index in [4.69, 9.17) is 18.0 Å². The molecule has 1 aromatic heterocycles. The summed E-state index contributed by atoms with van der Waals surface area (Å²) < 4.78 is 27.4. The number of rotatable bonds is 6. The molecule has 3 N–H and O–H groups in total. The SMILES string of the molecule is CCSC1CCC(NS(=O)(=O)c2ccc(C(N)=S)nc2)C1. The van der Waals surface area contributed by atoms with E-state index in [1.807, 2.05) is 11.8 Å². The standard InChI is InChI=1S/C13H19N3O2S3/c1-2-20-10-4-3-9(7-10)16-21(17,18)11-5-6-12(13(14)19)15-8-11/h5-6,8-10,16H,2-4,7H2,1H3,(H2,14,19). The van der Waals surface area contributed by atoms with Crippen LogP contribution in [0.5, 0.6) is 0 Å². The molecule has 0 aliphatic heterocycles. The molecule has 0 saturated heterocycles. The fourth-order valence-corrected chi connectivity index (χ4v) is 4.90. The fraction of sp³-hybridized carbons (Fsp3) is 0.538. The minimum atomic E-state index is -3.53. The van der Waals surface area contributed by atoms with Crippen molar-refractivity contribution in [2.45, 2.75) is 42.4 Å². The third kappa shape index (κ3) is 4.38. The van der Waals surface area contributed by atoms with Crippen molar-refractivity contribution in [1.29, 1.82) is 0 Å². The molecule has 116 valence electrons. The van der Waals surface area contributed by atoms with Crippen molar-refractivity contribution in [3.63, 3.8) is 0 Å². The monoisotopic (exact) mass is 345 g/mol. The van der Waals surface area contributed by atoms with E-state index < -0.39 is 10.0 Å². The Balaban J connectivity index is 2.03. The molecule has 8 heteroatoms. The number of nitrogens with one attached hydrogen (secondary N) is 1. The first kappa shape index (κ1) is 16.7. The van der Waals surface area contributed by atoms with Gasteiger partial charge >= 0.3 is 0 Å². The van der Waals surface area contributed by atoms with Crippen LogP contribution in [0.3, 0.4) is 0 Å². The maximum absolute atomic E-state index is 12.3. The van der Waals surface area contributed by atoms with E-state index in [-0.39, 0.29) is 15.9 Å². The Bertz CT molecular complexity index is 602. The second kappa shape index (κ2) is 7.04. The highest BCUT2D eigenvalue weighted by Gasteiger charge is 2.28. The highest BCUT2D eigenvalue weighted by Crippen LogP contribution is 2.30. The lowest BCUT2D eigenvalue weighted by atomic mass is 10.3. The molecule has 1 saturated carbocycles. The third-order valence-corrected chi connectivity index (χ3v) is 6.36. The molecule has 1 heterocycles. The summed E-state index contributed by atoms with van der Waals surface area (Å²) in [7, 11) is -3.53. The maximum Gasteiger partial charge on any atom is 0.242 e. The number of aromatic nitrogens is 1. The van der Waals surface area contributed by atoms with Crippen molar-refractivity contribution in [3.8, 4) is 0 Å². The second-order valence-electron chi connectivity index (χ2n) is 4.95. The van der Waals surface area contributed by atoms with Gasteiger partial charge in [-0.15, -0.1) is 0 Å². The van der Waals surface area contributed by atoms with Crippen LogP contribution < -0.4 is 10.5 Å². The summed E-state index contributed by atoms with van der Waals surface area (Å²) in [5.41, 5.74) is 5.87. The van der Waals surface area contributed by atoms with E-state index in [0.717, 1.165) is 25.0 Å². The Hall–Kier alpha value is -0.700. The first-order chi connectivity index (χ1) is 9.92. The lowest BCUT2D eigenvalue weighted by Crippen LogP contribution is -2.33. The van der Waals surface area contributed by atoms with Crippen LogP contribution in [-0.4, -0.2) is 35.4 Å². The molecule has 1 aromatic rings. The normalized spacial score (nSPS) is 22.3. The van der Waals surface area contributed by atoms with Gasteiger partial charge in [-0.2, -0.15) is 11.8 Å². The lowest BCUT2D eigenvalue weighted by molar-refractivity contribution is 0.552. The van der Waals surface area contributed by atoms with Crippen LogP contribution in [0.2, 0.25) is 0 Å². The minimum Gasteiger partial charge on any atom is -0.388 e. The smallest absolute Gasteiger partial charge is 0.242 e. The first-order valence-electron chi connectivity index (χ1n) is 6.82. The summed E-state index contributed by atoms with van der Waals surface area (Å²) in [6.07, 6.45) is 4.12. The van der Waals surface area contributed by atoms with Crippen LogP contribution in [0.25, 0.3) is 0 Å². The number of sulfonamides is 1. The highest BCUT2D eigenvalue weighted by molar-refractivity contribution is 7.99. The Kier molecular flexibility index (Phi) is 5.59. The van der Waals surface area contributed by atoms with Gasteiger partial charge in [0.1, 0.15) is 9.88 Å². The summed E-state index contributed by atoms with van der Waals surface area (Å²) in [6, 6.07) is 3.02. The average Bonchev–Trinajstić information content (AvgIpc) is 2.86. The van der Waals surface area contributed by atoms with E-state index in [1.54, 1.807) is 0 Å². The Morgan fingerprint density at radius 3 is 2.86 bits per heavy atom. The van der Waals surface area contributed by atoms with Crippen LogP contribution in [0.15, 0.2) is 23.2 Å². The zero-order valence-corrected chi connectivity index (χ0v) is 14.2. The molecule has 0 bridgehead atoms. The zero-order valence-electron chi connectivity index (χ0n) is 11.8. The topological polar surface area (TPSA) is 85.1 Å². The number of nitrogens with zero attached hydrogens (tertiary/aromatic N) is 1.